The third-order valence-corrected chi connectivity index (χ3v) is 7.35. The topological polar surface area (TPSA) is 105 Å². The van der Waals surface area contributed by atoms with Crippen molar-refractivity contribution >= 4 is 15.9 Å². The van der Waals surface area contributed by atoms with Gasteiger partial charge in [0.2, 0.25) is 21.8 Å². The van der Waals surface area contributed by atoms with Crippen molar-refractivity contribution in [3.05, 3.63) is 41.0 Å². The molecule has 0 unspecified atom stereocenters. The molecule has 2 heterocycles. The first-order chi connectivity index (χ1) is 13.5. The molecule has 158 valence electrons. The van der Waals surface area contributed by atoms with Crippen molar-refractivity contribution in [1.29, 1.82) is 0 Å². The summed E-state index contributed by atoms with van der Waals surface area (Å²) < 4.78 is 32.5. The number of hydrogen-bond donors (Lipinski definition) is 1. The smallest absolute Gasteiger partial charge is 0.243 e. The number of piperidine rings is 1. The monoisotopic (exact) mass is 420 g/mol. The van der Waals surface area contributed by atoms with Crippen molar-refractivity contribution in [2.24, 2.45) is 5.92 Å². The van der Waals surface area contributed by atoms with E-state index in [2.05, 4.69) is 15.5 Å². The first kappa shape index (κ1) is 21.4. The molecule has 1 aromatic heterocycles. The molecule has 1 fully saturated rings. The Morgan fingerprint density at radius 3 is 2.41 bits per heavy atom. The highest BCUT2D eigenvalue weighted by Gasteiger charge is 2.35. The largest absolute Gasteiger partial charge is 0.344 e. The Kier molecular flexibility index (Phi) is 5.82. The first-order valence-electron chi connectivity index (χ1n) is 9.71. The maximum Gasteiger partial charge on any atom is 0.243 e. The van der Waals surface area contributed by atoms with Gasteiger partial charge < -0.3 is 9.84 Å². The van der Waals surface area contributed by atoms with E-state index in [1.165, 1.54) is 4.31 Å². The van der Waals surface area contributed by atoms with Crippen LogP contribution < -0.4 is 5.32 Å². The highest BCUT2D eigenvalue weighted by Crippen LogP contribution is 2.27. The first-order valence-corrected chi connectivity index (χ1v) is 11.1. The normalized spacial score (nSPS) is 16.7. The van der Waals surface area contributed by atoms with E-state index in [1.807, 2.05) is 39.8 Å². The van der Waals surface area contributed by atoms with Gasteiger partial charge in [-0.25, -0.2) is 8.42 Å². The van der Waals surface area contributed by atoms with Crippen LogP contribution in [0.15, 0.2) is 27.6 Å². The number of carbonyl (C=O) groups is 1. The predicted molar refractivity (Wildman–Crippen MR) is 108 cm³/mol. The molecule has 3 rings (SSSR count). The van der Waals surface area contributed by atoms with Crippen LogP contribution in [0.1, 0.15) is 49.5 Å². The van der Waals surface area contributed by atoms with Crippen LogP contribution in [0.2, 0.25) is 0 Å². The number of hydrogen-bond acceptors (Lipinski definition) is 6. The predicted octanol–water partition coefficient (Wildman–Crippen LogP) is 2.45. The molecule has 0 saturated carbocycles. The SMILES string of the molecule is Cc1ccc(S(=O)(=O)N2CCC(C(=O)NC(C)(C)c3noc(C)n3)CC2)c(C)c1. The van der Waals surface area contributed by atoms with Crippen molar-refractivity contribution in [2.45, 2.75) is 57.9 Å². The van der Waals surface area contributed by atoms with Gasteiger partial charge in [-0.3, -0.25) is 4.79 Å². The van der Waals surface area contributed by atoms with Crippen molar-refractivity contribution in [1.82, 2.24) is 19.8 Å². The molecule has 1 aliphatic rings. The van der Waals surface area contributed by atoms with Crippen molar-refractivity contribution < 1.29 is 17.7 Å². The Labute approximate surface area is 171 Å². The Morgan fingerprint density at radius 1 is 1.21 bits per heavy atom. The zero-order valence-electron chi connectivity index (χ0n) is 17.5. The van der Waals surface area contributed by atoms with Crippen LogP contribution in [0.4, 0.5) is 0 Å². The maximum absolute atomic E-state index is 13.0. The van der Waals surface area contributed by atoms with Gasteiger partial charge in [-0.1, -0.05) is 22.9 Å². The van der Waals surface area contributed by atoms with Gasteiger partial charge in [0.15, 0.2) is 5.82 Å². The summed E-state index contributed by atoms with van der Waals surface area (Å²) in [5.74, 6) is 0.472. The van der Waals surface area contributed by atoms with Crippen molar-refractivity contribution in [2.75, 3.05) is 13.1 Å². The molecule has 0 spiro atoms. The lowest BCUT2D eigenvalue weighted by Crippen LogP contribution is -2.48. The second-order valence-corrected chi connectivity index (χ2v) is 10.1. The molecular formula is C20H28N4O4S. The van der Waals surface area contributed by atoms with E-state index in [0.29, 0.717) is 42.5 Å². The minimum absolute atomic E-state index is 0.124. The molecule has 9 heteroatoms. The van der Waals surface area contributed by atoms with E-state index < -0.39 is 15.6 Å². The van der Waals surface area contributed by atoms with Gasteiger partial charge in [0.1, 0.15) is 0 Å². The number of nitrogens with zero attached hydrogens (tertiary/aromatic N) is 3. The van der Waals surface area contributed by atoms with Gasteiger partial charge in [-0.15, -0.1) is 0 Å². The number of aromatic nitrogens is 2. The summed E-state index contributed by atoms with van der Waals surface area (Å²) in [6.07, 6.45) is 0.939. The second-order valence-electron chi connectivity index (χ2n) is 8.20. The zero-order valence-corrected chi connectivity index (χ0v) is 18.3. The minimum atomic E-state index is -3.56. The summed E-state index contributed by atoms with van der Waals surface area (Å²) in [6, 6.07) is 5.34. The standard InChI is InChI=1S/C20H28N4O4S/c1-13-6-7-17(14(2)12-13)29(26,27)24-10-8-16(9-11-24)18(25)22-20(4,5)19-21-15(3)28-23-19/h6-7,12,16H,8-11H2,1-5H3,(H,22,25). The molecule has 29 heavy (non-hydrogen) atoms. The van der Waals surface area contributed by atoms with Crippen LogP contribution in [-0.4, -0.2) is 41.9 Å². The van der Waals surface area contributed by atoms with Gasteiger partial charge in [-0.2, -0.15) is 9.29 Å². The lowest BCUT2D eigenvalue weighted by Gasteiger charge is -2.32. The van der Waals surface area contributed by atoms with E-state index >= 15 is 0 Å². The number of nitrogens with one attached hydrogen (secondary N) is 1. The fourth-order valence-corrected chi connectivity index (χ4v) is 5.28. The summed E-state index contributed by atoms with van der Waals surface area (Å²) in [6.45, 7) is 9.70. The lowest BCUT2D eigenvalue weighted by molar-refractivity contribution is -0.128. The molecule has 0 radical (unpaired) electrons. The van der Waals surface area contributed by atoms with Crippen LogP contribution in [0.5, 0.6) is 0 Å². The lowest BCUT2D eigenvalue weighted by atomic mass is 9.95. The van der Waals surface area contributed by atoms with E-state index in [4.69, 9.17) is 4.52 Å². The average molecular weight is 421 g/mol. The summed E-state index contributed by atoms with van der Waals surface area (Å²) >= 11 is 0. The molecule has 1 saturated heterocycles. The molecule has 0 bridgehead atoms. The Morgan fingerprint density at radius 2 is 1.86 bits per heavy atom. The number of aryl methyl sites for hydroxylation is 3. The molecular weight excluding hydrogens is 392 g/mol. The summed E-state index contributed by atoms with van der Waals surface area (Å²) in [4.78, 5) is 17.3. The highest BCUT2D eigenvalue weighted by atomic mass is 32.2. The average Bonchev–Trinajstić information content (AvgIpc) is 3.08. The van der Waals surface area contributed by atoms with Crippen molar-refractivity contribution in [3.8, 4) is 0 Å². The molecule has 0 atom stereocenters. The summed E-state index contributed by atoms with van der Waals surface area (Å²) in [7, 11) is -3.56. The third-order valence-electron chi connectivity index (χ3n) is 5.30. The minimum Gasteiger partial charge on any atom is -0.344 e. The molecule has 1 aliphatic heterocycles. The Balaban J connectivity index is 1.64. The van der Waals surface area contributed by atoms with Gasteiger partial charge in [0, 0.05) is 25.9 Å². The van der Waals surface area contributed by atoms with E-state index in [0.717, 1.165) is 11.1 Å². The number of sulfonamides is 1. The maximum atomic E-state index is 13.0. The molecule has 1 aromatic carbocycles. The number of rotatable bonds is 5. The third kappa shape index (κ3) is 4.51. The zero-order chi connectivity index (χ0) is 21.4. The molecule has 1 N–H and O–H groups in total. The quantitative estimate of drug-likeness (QED) is 0.796. The van der Waals surface area contributed by atoms with Gasteiger partial charge in [-0.05, 0) is 52.2 Å². The van der Waals surface area contributed by atoms with Crippen LogP contribution in [0, 0.1) is 26.7 Å². The Bertz CT molecular complexity index is 1010. The van der Waals surface area contributed by atoms with Gasteiger partial charge >= 0.3 is 0 Å². The number of benzene rings is 1. The second kappa shape index (κ2) is 7.87. The Hall–Kier alpha value is -2.26. The molecule has 8 nitrogen and oxygen atoms in total. The van der Waals surface area contributed by atoms with Crippen LogP contribution in [0.3, 0.4) is 0 Å². The number of amides is 1. The van der Waals surface area contributed by atoms with E-state index in [9.17, 15) is 13.2 Å². The van der Waals surface area contributed by atoms with E-state index in [1.54, 1.807) is 13.0 Å². The molecule has 1 amide bonds. The summed E-state index contributed by atoms with van der Waals surface area (Å²) in [5.41, 5.74) is 0.995. The highest BCUT2D eigenvalue weighted by molar-refractivity contribution is 7.89. The van der Waals surface area contributed by atoms with Crippen LogP contribution in [0.25, 0.3) is 0 Å². The fourth-order valence-electron chi connectivity index (χ4n) is 3.61. The van der Waals surface area contributed by atoms with Crippen LogP contribution >= 0.6 is 0 Å². The van der Waals surface area contributed by atoms with Crippen molar-refractivity contribution in [3.63, 3.8) is 0 Å². The van der Waals surface area contributed by atoms with Gasteiger partial charge in [0.05, 0.1) is 10.4 Å². The van der Waals surface area contributed by atoms with E-state index in [-0.39, 0.29) is 11.8 Å². The van der Waals surface area contributed by atoms with Crippen LogP contribution in [-0.2, 0) is 20.4 Å². The molecule has 2 aromatic rings. The fraction of sp³-hybridized carbons (Fsp3) is 0.550. The molecule has 0 aliphatic carbocycles. The van der Waals surface area contributed by atoms with Gasteiger partial charge in [0.25, 0.3) is 0 Å². The summed E-state index contributed by atoms with van der Waals surface area (Å²) in [5, 5.41) is 6.85. The number of carbonyl (C=O) groups excluding carboxylic acids is 1.